The quantitative estimate of drug-likeness (QED) is 0.842. The lowest BCUT2D eigenvalue weighted by Crippen LogP contribution is -2.48. The normalized spacial score (nSPS) is 17.3. The lowest BCUT2D eigenvalue weighted by molar-refractivity contribution is -0.138. The van der Waals surface area contributed by atoms with E-state index in [0.29, 0.717) is 18.1 Å². The molecule has 0 radical (unpaired) electrons. The van der Waals surface area contributed by atoms with Crippen LogP contribution in [0.25, 0.3) is 0 Å². The van der Waals surface area contributed by atoms with E-state index < -0.39 is 5.41 Å². The molecule has 5 heteroatoms. The Morgan fingerprint density at radius 2 is 2.21 bits per heavy atom. The van der Waals surface area contributed by atoms with Gasteiger partial charge in [0.2, 0.25) is 5.91 Å². The zero-order valence-electron chi connectivity index (χ0n) is 11.2. The highest BCUT2D eigenvalue weighted by molar-refractivity contribution is 7.80. The van der Waals surface area contributed by atoms with Gasteiger partial charge in [0.15, 0.2) is 0 Å². The zero-order chi connectivity index (χ0) is 13.9. The maximum Gasteiger partial charge on any atom is 0.236 e. The summed E-state index contributed by atoms with van der Waals surface area (Å²) in [6.07, 6.45) is 5.20. The Kier molecular flexibility index (Phi) is 4.24. The first kappa shape index (κ1) is 14.1. The number of hydrogen-bond donors (Lipinski definition) is 1. The van der Waals surface area contributed by atoms with Crippen molar-refractivity contribution in [3.8, 4) is 0 Å². The van der Waals surface area contributed by atoms with Crippen LogP contribution in [0.1, 0.15) is 38.4 Å². The molecule has 1 saturated carbocycles. The number of furan rings is 1. The minimum Gasteiger partial charge on any atom is -0.467 e. The van der Waals surface area contributed by atoms with Crippen LogP contribution in [0.5, 0.6) is 0 Å². The molecule has 1 fully saturated rings. The van der Waals surface area contributed by atoms with E-state index in [0.717, 1.165) is 31.4 Å². The average molecular weight is 280 g/mol. The number of hydrogen-bond acceptors (Lipinski definition) is 3. The second-order valence-electron chi connectivity index (χ2n) is 5.05. The fourth-order valence-corrected chi connectivity index (χ4v) is 3.06. The van der Waals surface area contributed by atoms with Gasteiger partial charge in [-0.2, -0.15) is 0 Å². The lowest BCUT2D eigenvalue weighted by Gasteiger charge is -2.32. The third-order valence-corrected chi connectivity index (χ3v) is 4.32. The van der Waals surface area contributed by atoms with E-state index in [-0.39, 0.29) is 5.91 Å². The second-order valence-corrected chi connectivity index (χ2v) is 5.49. The van der Waals surface area contributed by atoms with Crippen LogP contribution in [0.3, 0.4) is 0 Å². The summed E-state index contributed by atoms with van der Waals surface area (Å²) in [7, 11) is 0. The fraction of sp³-hybridized carbons (Fsp3) is 0.571. The van der Waals surface area contributed by atoms with Crippen molar-refractivity contribution in [3.05, 3.63) is 24.2 Å². The Labute approximate surface area is 118 Å². The molecule has 19 heavy (non-hydrogen) atoms. The highest BCUT2D eigenvalue weighted by atomic mass is 32.1. The summed E-state index contributed by atoms with van der Waals surface area (Å²) in [6.45, 7) is 3.07. The monoisotopic (exact) mass is 280 g/mol. The minimum atomic E-state index is -0.627. The van der Waals surface area contributed by atoms with Gasteiger partial charge >= 0.3 is 0 Å². The highest BCUT2D eigenvalue weighted by Crippen LogP contribution is 2.40. The molecule has 0 atom stereocenters. The first-order valence-electron chi connectivity index (χ1n) is 6.72. The molecule has 1 aromatic rings. The number of thiocarbonyl (C=S) groups is 1. The molecule has 0 aromatic carbocycles. The predicted octanol–water partition coefficient (Wildman–Crippen LogP) is 2.47. The van der Waals surface area contributed by atoms with E-state index in [4.69, 9.17) is 22.4 Å². The van der Waals surface area contributed by atoms with Gasteiger partial charge in [-0.3, -0.25) is 4.79 Å². The van der Waals surface area contributed by atoms with Crippen molar-refractivity contribution in [2.75, 3.05) is 6.54 Å². The van der Waals surface area contributed by atoms with Gasteiger partial charge < -0.3 is 15.1 Å². The van der Waals surface area contributed by atoms with Gasteiger partial charge in [0.1, 0.15) is 5.76 Å². The largest absolute Gasteiger partial charge is 0.467 e. The van der Waals surface area contributed by atoms with Gasteiger partial charge in [-0.05, 0) is 31.9 Å². The third-order valence-electron chi connectivity index (χ3n) is 3.93. The van der Waals surface area contributed by atoms with Crippen molar-refractivity contribution >= 4 is 23.1 Å². The first-order valence-corrected chi connectivity index (χ1v) is 7.12. The molecular weight excluding hydrogens is 260 g/mol. The van der Waals surface area contributed by atoms with Gasteiger partial charge in [0.05, 0.1) is 23.2 Å². The Hall–Kier alpha value is -1.36. The molecule has 0 unspecified atom stereocenters. The summed E-state index contributed by atoms with van der Waals surface area (Å²) in [5.74, 6) is 0.836. The molecule has 0 saturated heterocycles. The maximum atomic E-state index is 12.8. The number of rotatable bonds is 5. The van der Waals surface area contributed by atoms with E-state index in [9.17, 15) is 4.79 Å². The number of carbonyl (C=O) groups is 1. The lowest BCUT2D eigenvalue weighted by atomic mass is 9.84. The van der Waals surface area contributed by atoms with Crippen molar-refractivity contribution in [2.24, 2.45) is 11.1 Å². The van der Waals surface area contributed by atoms with Crippen LogP contribution >= 0.6 is 12.2 Å². The molecule has 4 nitrogen and oxygen atoms in total. The minimum absolute atomic E-state index is 0.0522. The van der Waals surface area contributed by atoms with Crippen molar-refractivity contribution in [2.45, 2.75) is 39.2 Å². The molecule has 1 aliphatic carbocycles. The standard InChI is InChI=1S/C14H20N2O2S/c1-2-16(10-11-6-5-9-18-11)13(17)14(12(15)19)7-3-4-8-14/h5-6,9H,2-4,7-8,10H2,1H3,(H2,15,19). The van der Waals surface area contributed by atoms with E-state index in [1.54, 1.807) is 11.2 Å². The van der Waals surface area contributed by atoms with Crippen molar-refractivity contribution in [1.82, 2.24) is 4.90 Å². The maximum absolute atomic E-state index is 12.8. The van der Waals surface area contributed by atoms with Gasteiger partial charge in [-0.15, -0.1) is 0 Å². The van der Waals surface area contributed by atoms with Gasteiger partial charge in [-0.1, -0.05) is 25.1 Å². The van der Waals surface area contributed by atoms with Crippen molar-refractivity contribution in [1.29, 1.82) is 0 Å². The molecule has 104 valence electrons. The highest BCUT2D eigenvalue weighted by Gasteiger charge is 2.45. The third kappa shape index (κ3) is 2.66. The summed E-state index contributed by atoms with van der Waals surface area (Å²) in [4.78, 5) is 14.9. The van der Waals surface area contributed by atoms with E-state index in [1.807, 2.05) is 19.1 Å². The first-order chi connectivity index (χ1) is 9.10. The predicted molar refractivity (Wildman–Crippen MR) is 77.5 cm³/mol. The summed E-state index contributed by atoms with van der Waals surface area (Å²) in [5.41, 5.74) is 5.23. The van der Waals surface area contributed by atoms with Crippen molar-refractivity contribution < 1.29 is 9.21 Å². The summed E-state index contributed by atoms with van der Waals surface area (Å²) >= 11 is 5.17. The molecule has 1 aliphatic rings. The van der Waals surface area contributed by atoms with Gasteiger partial charge in [0, 0.05) is 6.54 Å². The fourth-order valence-electron chi connectivity index (χ4n) is 2.76. The number of nitrogens with two attached hydrogens (primary N) is 1. The van der Waals surface area contributed by atoms with Crippen LogP contribution < -0.4 is 5.73 Å². The molecule has 1 amide bonds. The van der Waals surface area contributed by atoms with Crippen LogP contribution in [0.2, 0.25) is 0 Å². The summed E-state index contributed by atoms with van der Waals surface area (Å²) < 4.78 is 5.31. The van der Waals surface area contributed by atoms with E-state index >= 15 is 0 Å². The Morgan fingerprint density at radius 3 is 2.68 bits per heavy atom. The number of amides is 1. The molecular formula is C14H20N2O2S. The Balaban J connectivity index is 2.17. The summed E-state index contributed by atoms with van der Waals surface area (Å²) in [6, 6.07) is 3.70. The van der Waals surface area contributed by atoms with Crippen LogP contribution in [0.15, 0.2) is 22.8 Å². The molecule has 0 aliphatic heterocycles. The molecule has 1 heterocycles. The average Bonchev–Trinajstić information content (AvgIpc) is 3.06. The molecule has 2 rings (SSSR count). The van der Waals surface area contributed by atoms with Gasteiger partial charge in [0.25, 0.3) is 0 Å². The SMILES string of the molecule is CCN(Cc1ccco1)C(=O)C1(C(N)=S)CCCC1. The smallest absolute Gasteiger partial charge is 0.236 e. The van der Waals surface area contributed by atoms with Crippen LogP contribution in [-0.4, -0.2) is 22.3 Å². The molecule has 0 spiro atoms. The molecule has 2 N–H and O–H groups in total. The van der Waals surface area contributed by atoms with Crippen LogP contribution in [0.4, 0.5) is 0 Å². The van der Waals surface area contributed by atoms with Crippen LogP contribution in [0, 0.1) is 5.41 Å². The summed E-state index contributed by atoms with van der Waals surface area (Å²) in [5, 5.41) is 0. The van der Waals surface area contributed by atoms with Crippen LogP contribution in [-0.2, 0) is 11.3 Å². The Morgan fingerprint density at radius 1 is 1.53 bits per heavy atom. The zero-order valence-corrected chi connectivity index (χ0v) is 12.0. The second kappa shape index (κ2) is 5.74. The van der Waals surface area contributed by atoms with Crippen molar-refractivity contribution in [3.63, 3.8) is 0 Å². The van der Waals surface area contributed by atoms with Gasteiger partial charge in [-0.25, -0.2) is 0 Å². The number of nitrogens with zero attached hydrogens (tertiary/aromatic N) is 1. The molecule has 1 aromatic heterocycles. The van der Waals surface area contributed by atoms with E-state index in [2.05, 4.69) is 0 Å². The molecule has 0 bridgehead atoms. The van der Waals surface area contributed by atoms with E-state index in [1.165, 1.54) is 0 Å². The topological polar surface area (TPSA) is 59.5 Å². The Bertz CT molecular complexity index is 450. The number of carbonyl (C=O) groups excluding carboxylic acids is 1.